The van der Waals surface area contributed by atoms with Gasteiger partial charge in [0.25, 0.3) is 0 Å². The summed E-state index contributed by atoms with van der Waals surface area (Å²) in [5.74, 6) is -1.96. The van der Waals surface area contributed by atoms with E-state index in [0.29, 0.717) is 0 Å². The van der Waals surface area contributed by atoms with Gasteiger partial charge >= 0.3 is 23.9 Å². The van der Waals surface area contributed by atoms with Crippen molar-refractivity contribution in [2.24, 2.45) is 11.5 Å². The summed E-state index contributed by atoms with van der Waals surface area (Å²) in [6.07, 6.45) is 0.219. The van der Waals surface area contributed by atoms with Crippen LogP contribution in [-0.4, -0.2) is 63.4 Å². The van der Waals surface area contributed by atoms with E-state index < -0.39 is 35.0 Å². The van der Waals surface area contributed by atoms with Crippen LogP contribution in [0.4, 0.5) is 0 Å². The highest BCUT2D eigenvalue weighted by Crippen LogP contribution is 2.35. The van der Waals surface area contributed by atoms with E-state index in [4.69, 9.17) is 11.5 Å². The molecule has 0 spiro atoms. The monoisotopic (exact) mass is 404 g/mol. The van der Waals surface area contributed by atoms with Gasteiger partial charge in [0.05, 0.1) is 28.4 Å². The predicted octanol–water partition coefficient (Wildman–Crippen LogP) is 0.194. The molecule has 10 nitrogen and oxygen atoms in total. The molecule has 0 saturated heterocycles. The first kappa shape index (κ1) is 25.8. The summed E-state index contributed by atoms with van der Waals surface area (Å²) in [5.41, 5.74) is 10.7. The van der Waals surface area contributed by atoms with Gasteiger partial charge in [0.2, 0.25) is 0 Å². The molecular formula is C18H32N2O8. The lowest BCUT2D eigenvalue weighted by atomic mass is 9.67. The third-order valence-electron chi connectivity index (χ3n) is 5.00. The predicted molar refractivity (Wildman–Crippen MR) is 98.8 cm³/mol. The summed E-state index contributed by atoms with van der Waals surface area (Å²) in [6, 6.07) is 0. The van der Waals surface area contributed by atoms with Gasteiger partial charge in [-0.15, -0.1) is 0 Å². The number of rotatable bonds is 13. The lowest BCUT2D eigenvalue weighted by Crippen LogP contribution is -2.66. The van der Waals surface area contributed by atoms with Crippen LogP contribution in [0.1, 0.15) is 51.4 Å². The number of carbonyl (C=O) groups excluding carboxylic acids is 4. The quantitative estimate of drug-likeness (QED) is 0.321. The van der Waals surface area contributed by atoms with Gasteiger partial charge in [-0.3, -0.25) is 19.2 Å². The molecule has 0 heterocycles. The lowest BCUT2D eigenvalue weighted by Gasteiger charge is -2.46. The fraction of sp³-hybridized carbons (Fsp3) is 0.778. The number of nitrogens with two attached hydrogens (primary N) is 2. The summed E-state index contributed by atoms with van der Waals surface area (Å²) in [4.78, 5) is 46.6. The molecule has 0 aliphatic carbocycles. The molecule has 10 heteroatoms. The number of ether oxygens (including phenoxy) is 4. The Hall–Kier alpha value is -2.20. The van der Waals surface area contributed by atoms with E-state index in [-0.39, 0.29) is 51.4 Å². The smallest absolute Gasteiger partial charge is 0.305 e. The van der Waals surface area contributed by atoms with Gasteiger partial charge in [0, 0.05) is 36.8 Å². The maximum atomic E-state index is 11.6. The fourth-order valence-electron chi connectivity index (χ4n) is 2.95. The molecule has 0 aliphatic heterocycles. The molecule has 162 valence electrons. The first-order chi connectivity index (χ1) is 13.1. The Balaban J connectivity index is 5.70. The van der Waals surface area contributed by atoms with Crippen molar-refractivity contribution in [3.8, 4) is 0 Å². The van der Waals surface area contributed by atoms with Crippen LogP contribution in [0.15, 0.2) is 0 Å². The summed E-state index contributed by atoms with van der Waals surface area (Å²) in [5, 5.41) is 0. The number of hydrogen-bond acceptors (Lipinski definition) is 10. The Morgan fingerprint density at radius 1 is 0.536 bits per heavy atom. The minimum atomic E-state index is -1.25. The zero-order chi connectivity index (χ0) is 21.8. The number of esters is 4. The molecule has 0 bridgehead atoms. The minimum absolute atomic E-state index is 0.0381. The van der Waals surface area contributed by atoms with E-state index in [9.17, 15) is 19.2 Å². The highest BCUT2D eigenvalue weighted by atomic mass is 16.5. The molecule has 0 aromatic carbocycles. The van der Waals surface area contributed by atoms with Crippen molar-refractivity contribution in [1.82, 2.24) is 0 Å². The summed E-state index contributed by atoms with van der Waals surface area (Å²) in [6.45, 7) is 0. The van der Waals surface area contributed by atoms with Crippen molar-refractivity contribution in [2.75, 3.05) is 28.4 Å². The lowest BCUT2D eigenvalue weighted by molar-refractivity contribution is -0.144. The van der Waals surface area contributed by atoms with Crippen LogP contribution >= 0.6 is 0 Å². The van der Waals surface area contributed by atoms with E-state index in [1.165, 1.54) is 28.4 Å². The molecule has 0 aromatic heterocycles. The van der Waals surface area contributed by atoms with Gasteiger partial charge in [0.15, 0.2) is 0 Å². The molecule has 0 aliphatic rings. The Kier molecular flexibility index (Phi) is 11.3. The molecule has 0 atom stereocenters. The molecule has 0 radical (unpaired) electrons. The maximum absolute atomic E-state index is 11.6. The zero-order valence-electron chi connectivity index (χ0n) is 17.1. The molecule has 0 aromatic rings. The highest BCUT2D eigenvalue weighted by molar-refractivity contribution is 5.71. The van der Waals surface area contributed by atoms with Crippen molar-refractivity contribution < 1.29 is 38.1 Å². The van der Waals surface area contributed by atoms with E-state index >= 15 is 0 Å². The number of carbonyl (C=O) groups is 4. The third-order valence-corrected chi connectivity index (χ3v) is 5.00. The average molecular weight is 404 g/mol. The van der Waals surface area contributed by atoms with Crippen molar-refractivity contribution in [3.05, 3.63) is 0 Å². The van der Waals surface area contributed by atoms with Crippen LogP contribution in [0.3, 0.4) is 0 Å². The second-order valence-corrected chi connectivity index (χ2v) is 6.62. The van der Waals surface area contributed by atoms with E-state index in [1.54, 1.807) is 0 Å². The van der Waals surface area contributed by atoms with Crippen LogP contribution in [0.25, 0.3) is 0 Å². The van der Waals surface area contributed by atoms with E-state index in [2.05, 4.69) is 18.9 Å². The Labute approximate surface area is 165 Å². The van der Waals surface area contributed by atoms with Crippen LogP contribution in [0.5, 0.6) is 0 Å². The van der Waals surface area contributed by atoms with Crippen LogP contribution in [0, 0.1) is 0 Å². The largest absolute Gasteiger partial charge is 0.469 e. The maximum Gasteiger partial charge on any atom is 0.305 e. The fourth-order valence-corrected chi connectivity index (χ4v) is 2.95. The molecule has 28 heavy (non-hydrogen) atoms. The second kappa shape index (κ2) is 12.3. The van der Waals surface area contributed by atoms with Gasteiger partial charge in [-0.2, -0.15) is 0 Å². The van der Waals surface area contributed by atoms with Crippen LogP contribution < -0.4 is 11.5 Å². The minimum Gasteiger partial charge on any atom is -0.469 e. The molecule has 0 fully saturated rings. The normalized spacial score (nSPS) is 11.5. The van der Waals surface area contributed by atoms with Gasteiger partial charge in [0.1, 0.15) is 0 Å². The number of methoxy groups -OCH3 is 4. The van der Waals surface area contributed by atoms with Crippen molar-refractivity contribution in [3.63, 3.8) is 0 Å². The molecule has 0 rings (SSSR count). The molecular weight excluding hydrogens is 372 g/mol. The summed E-state index contributed by atoms with van der Waals surface area (Å²) >= 11 is 0. The Bertz CT molecular complexity index is 462. The zero-order valence-corrected chi connectivity index (χ0v) is 17.1. The summed E-state index contributed by atoms with van der Waals surface area (Å²) in [7, 11) is 5.00. The number of hydrogen-bond donors (Lipinski definition) is 2. The first-order valence-electron chi connectivity index (χ1n) is 8.92. The van der Waals surface area contributed by atoms with Crippen LogP contribution in [0.2, 0.25) is 0 Å². The molecule has 0 unspecified atom stereocenters. The van der Waals surface area contributed by atoms with Crippen LogP contribution in [-0.2, 0) is 38.1 Å². The third kappa shape index (κ3) is 8.22. The highest BCUT2D eigenvalue weighted by Gasteiger charge is 2.46. The molecule has 4 N–H and O–H groups in total. The topological polar surface area (TPSA) is 157 Å². The summed E-state index contributed by atoms with van der Waals surface area (Å²) < 4.78 is 18.6. The Morgan fingerprint density at radius 2 is 0.714 bits per heavy atom. The standard InChI is InChI=1S/C18H32N2O8/c1-25-13(21)5-9-17(19,10-6-14(22)26-2)18(20,11-7-15(23)27-3)12-8-16(24)28-4/h5-12,19-20H2,1-4H3. The van der Waals surface area contributed by atoms with E-state index in [1.807, 2.05) is 0 Å². The van der Waals surface area contributed by atoms with Crippen molar-refractivity contribution in [2.45, 2.75) is 62.4 Å². The molecule has 0 saturated carbocycles. The van der Waals surface area contributed by atoms with Crippen molar-refractivity contribution in [1.29, 1.82) is 0 Å². The van der Waals surface area contributed by atoms with Gasteiger partial charge in [-0.05, 0) is 25.7 Å². The van der Waals surface area contributed by atoms with Crippen molar-refractivity contribution >= 4 is 23.9 Å². The average Bonchev–Trinajstić information content (AvgIpc) is 2.71. The first-order valence-corrected chi connectivity index (χ1v) is 8.92. The van der Waals surface area contributed by atoms with Gasteiger partial charge in [-0.25, -0.2) is 0 Å². The van der Waals surface area contributed by atoms with E-state index in [0.717, 1.165) is 0 Å². The molecule has 0 amide bonds. The SMILES string of the molecule is COC(=O)CCC(N)(CCC(=O)OC)C(N)(CCC(=O)OC)CCC(=O)OC. The Morgan fingerprint density at radius 3 is 0.857 bits per heavy atom. The second-order valence-electron chi connectivity index (χ2n) is 6.62. The van der Waals surface area contributed by atoms with Gasteiger partial charge < -0.3 is 30.4 Å². The van der Waals surface area contributed by atoms with Gasteiger partial charge in [-0.1, -0.05) is 0 Å².